The van der Waals surface area contributed by atoms with Crippen LogP contribution in [0.2, 0.25) is 0 Å². The minimum Gasteiger partial charge on any atom is -0.369 e. The Balaban J connectivity index is 2.23. The number of hydrazine groups is 1. The Kier molecular flexibility index (Phi) is 4.50. The van der Waals surface area contributed by atoms with Crippen LogP contribution >= 0.6 is 0 Å². The summed E-state index contributed by atoms with van der Waals surface area (Å²) in [6.45, 7) is 0.699. The first-order chi connectivity index (χ1) is 6.83. The molecule has 0 heterocycles. The Bertz CT molecular complexity index is 281. The summed E-state index contributed by atoms with van der Waals surface area (Å²) < 4.78 is 0. The number of aryl methyl sites for hydroxylation is 1. The molecule has 0 atom stereocenters. The van der Waals surface area contributed by atoms with Crippen molar-refractivity contribution in [3.63, 3.8) is 0 Å². The molecule has 1 aromatic rings. The topological polar surface area (TPSA) is 76.4 Å². The summed E-state index contributed by atoms with van der Waals surface area (Å²) in [5.41, 5.74) is 8.98. The van der Waals surface area contributed by atoms with E-state index >= 15 is 0 Å². The fourth-order valence-electron chi connectivity index (χ4n) is 1.17. The van der Waals surface area contributed by atoms with Crippen molar-refractivity contribution in [1.29, 1.82) is 0 Å². The van der Waals surface area contributed by atoms with Crippen LogP contribution in [-0.2, 0) is 6.42 Å². The molecular weight excluding hydrogens is 176 g/mol. The lowest BCUT2D eigenvalue weighted by Gasteiger charge is -2.00. The van der Waals surface area contributed by atoms with E-state index in [1.165, 1.54) is 5.56 Å². The number of hydrogen-bond donors (Lipinski definition) is 3. The standard InChI is InChI=1S/C10H16N4/c11-10(14-12)13-8-4-7-9-5-2-1-3-6-9/h1-3,5-6H,4,7-8,12H2,(H3,11,13,14). The van der Waals surface area contributed by atoms with E-state index in [0.29, 0.717) is 6.54 Å². The highest BCUT2D eigenvalue weighted by Crippen LogP contribution is 2.01. The number of nitrogens with zero attached hydrogens (tertiary/aromatic N) is 1. The molecule has 0 spiro atoms. The molecule has 0 radical (unpaired) electrons. The number of benzene rings is 1. The van der Waals surface area contributed by atoms with Gasteiger partial charge in [-0.3, -0.25) is 10.4 Å². The van der Waals surface area contributed by atoms with Crippen LogP contribution in [0.5, 0.6) is 0 Å². The van der Waals surface area contributed by atoms with Crippen LogP contribution in [0.15, 0.2) is 35.3 Å². The van der Waals surface area contributed by atoms with E-state index in [2.05, 4.69) is 22.6 Å². The second-order valence-corrected chi connectivity index (χ2v) is 3.00. The molecule has 4 heteroatoms. The number of nitrogens with one attached hydrogen (secondary N) is 1. The lowest BCUT2D eigenvalue weighted by molar-refractivity contribution is 0.822. The van der Waals surface area contributed by atoms with Gasteiger partial charge < -0.3 is 5.73 Å². The molecule has 0 fully saturated rings. The van der Waals surface area contributed by atoms with Crippen molar-refractivity contribution >= 4 is 5.96 Å². The third-order valence-electron chi connectivity index (χ3n) is 1.90. The van der Waals surface area contributed by atoms with Gasteiger partial charge in [0.1, 0.15) is 0 Å². The third kappa shape index (κ3) is 3.91. The average molecular weight is 192 g/mol. The van der Waals surface area contributed by atoms with Gasteiger partial charge in [-0.15, -0.1) is 0 Å². The summed E-state index contributed by atoms with van der Waals surface area (Å²) in [5, 5.41) is 0. The van der Waals surface area contributed by atoms with Crippen LogP contribution in [0, 0.1) is 0 Å². The van der Waals surface area contributed by atoms with Gasteiger partial charge in [0.15, 0.2) is 0 Å². The van der Waals surface area contributed by atoms with E-state index in [0.717, 1.165) is 12.8 Å². The van der Waals surface area contributed by atoms with Crippen molar-refractivity contribution in [3.05, 3.63) is 35.9 Å². The maximum atomic E-state index is 5.37. The lowest BCUT2D eigenvalue weighted by Crippen LogP contribution is -2.37. The molecule has 4 nitrogen and oxygen atoms in total. The Morgan fingerprint density at radius 2 is 2.00 bits per heavy atom. The molecule has 0 aliphatic carbocycles. The Labute approximate surface area is 84.0 Å². The van der Waals surface area contributed by atoms with Gasteiger partial charge in [-0.25, -0.2) is 5.84 Å². The Hall–Kier alpha value is -1.55. The molecule has 1 rings (SSSR count). The summed E-state index contributed by atoms with van der Waals surface area (Å²) in [7, 11) is 0. The highest BCUT2D eigenvalue weighted by molar-refractivity contribution is 5.77. The first kappa shape index (κ1) is 10.5. The molecule has 0 saturated heterocycles. The van der Waals surface area contributed by atoms with E-state index < -0.39 is 0 Å². The van der Waals surface area contributed by atoms with Crippen LogP contribution in [0.25, 0.3) is 0 Å². The van der Waals surface area contributed by atoms with E-state index in [1.54, 1.807) is 0 Å². The first-order valence-electron chi connectivity index (χ1n) is 4.63. The van der Waals surface area contributed by atoms with Crippen LogP contribution in [0.1, 0.15) is 12.0 Å². The van der Waals surface area contributed by atoms with Crippen molar-refractivity contribution in [2.24, 2.45) is 16.6 Å². The predicted octanol–water partition coefficient (Wildman–Crippen LogP) is 0.397. The zero-order valence-electron chi connectivity index (χ0n) is 8.11. The molecule has 0 unspecified atom stereocenters. The van der Waals surface area contributed by atoms with Gasteiger partial charge in [-0.2, -0.15) is 0 Å². The van der Waals surface area contributed by atoms with E-state index in [1.807, 2.05) is 18.2 Å². The van der Waals surface area contributed by atoms with Gasteiger partial charge in [0.05, 0.1) is 0 Å². The number of aliphatic imine (C=N–C) groups is 1. The zero-order chi connectivity index (χ0) is 10.2. The van der Waals surface area contributed by atoms with Crippen LogP contribution in [0.4, 0.5) is 0 Å². The van der Waals surface area contributed by atoms with Crippen molar-refractivity contribution in [3.8, 4) is 0 Å². The Morgan fingerprint density at radius 1 is 1.29 bits per heavy atom. The monoisotopic (exact) mass is 192 g/mol. The summed E-state index contributed by atoms with van der Waals surface area (Å²) in [5.74, 6) is 5.35. The van der Waals surface area contributed by atoms with Gasteiger partial charge in [0.2, 0.25) is 5.96 Å². The normalized spacial score (nSPS) is 11.4. The third-order valence-corrected chi connectivity index (χ3v) is 1.90. The maximum absolute atomic E-state index is 5.37. The fraction of sp³-hybridized carbons (Fsp3) is 0.300. The number of rotatable bonds is 4. The Morgan fingerprint density at radius 3 is 2.64 bits per heavy atom. The summed E-state index contributed by atoms with van der Waals surface area (Å²) in [6, 6.07) is 10.3. The minimum absolute atomic E-state index is 0.290. The molecule has 0 aromatic heterocycles. The minimum atomic E-state index is 0.290. The summed E-state index contributed by atoms with van der Waals surface area (Å²) in [4.78, 5) is 4.02. The van der Waals surface area contributed by atoms with Gasteiger partial charge in [-0.1, -0.05) is 30.3 Å². The van der Waals surface area contributed by atoms with Gasteiger partial charge in [-0.05, 0) is 18.4 Å². The molecule has 0 aliphatic heterocycles. The molecule has 14 heavy (non-hydrogen) atoms. The summed E-state index contributed by atoms with van der Waals surface area (Å²) in [6.07, 6.45) is 1.99. The van der Waals surface area contributed by atoms with Crippen LogP contribution < -0.4 is 17.0 Å². The van der Waals surface area contributed by atoms with Crippen molar-refractivity contribution in [2.45, 2.75) is 12.8 Å². The molecular formula is C10H16N4. The van der Waals surface area contributed by atoms with Crippen molar-refractivity contribution in [1.82, 2.24) is 5.43 Å². The second-order valence-electron chi connectivity index (χ2n) is 3.00. The maximum Gasteiger partial charge on any atom is 0.203 e. The molecule has 1 aromatic carbocycles. The van der Waals surface area contributed by atoms with Crippen molar-refractivity contribution in [2.75, 3.05) is 6.54 Å². The molecule has 76 valence electrons. The largest absolute Gasteiger partial charge is 0.369 e. The smallest absolute Gasteiger partial charge is 0.203 e. The van der Waals surface area contributed by atoms with Gasteiger partial charge in [0.25, 0.3) is 0 Å². The zero-order valence-corrected chi connectivity index (χ0v) is 8.11. The number of guanidine groups is 1. The number of hydrogen-bond acceptors (Lipinski definition) is 2. The highest BCUT2D eigenvalue weighted by atomic mass is 15.3. The van der Waals surface area contributed by atoms with Gasteiger partial charge >= 0.3 is 0 Å². The quantitative estimate of drug-likeness (QED) is 0.212. The fourth-order valence-corrected chi connectivity index (χ4v) is 1.17. The SMILES string of the molecule is NNC(N)=NCCCc1ccccc1. The predicted molar refractivity (Wildman–Crippen MR) is 58.6 cm³/mol. The van der Waals surface area contributed by atoms with E-state index in [4.69, 9.17) is 11.6 Å². The van der Waals surface area contributed by atoms with E-state index in [-0.39, 0.29) is 5.96 Å². The molecule has 0 aliphatic rings. The lowest BCUT2D eigenvalue weighted by atomic mass is 10.1. The van der Waals surface area contributed by atoms with Crippen molar-refractivity contribution < 1.29 is 0 Å². The molecule has 5 N–H and O–H groups in total. The number of nitrogens with two attached hydrogens (primary N) is 2. The molecule has 0 saturated carbocycles. The molecule has 0 bridgehead atoms. The first-order valence-corrected chi connectivity index (χ1v) is 4.63. The van der Waals surface area contributed by atoms with Gasteiger partial charge in [0, 0.05) is 6.54 Å². The van der Waals surface area contributed by atoms with E-state index in [9.17, 15) is 0 Å². The second kappa shape index (κ2) is 5.99. The average Bonchev–Trinajstić information content (AvgIpc) is 2.25. The van der Waals surface area contributed by atoms with Crippen LogP contribution in [-0.4, -0.2) is 12.5 Å². The summed E-state index contributed by atoms with van der Waals surface area (Å²) >= 11 is 0. The highest BCUT2D eigenvalue weighted by Gasteiger charge is 1.91. The van der Waals surface area contributed by atoms with Crippen LogP contribution in [0.3, 0.4) is 0 Å². The molecule has 0 amide bonds.